The van der Waals surface area contributed by atoms with Crippen LogP contribution in [-0.4, -0.2) is 20.4 Å². The fourth-order valence-electron chi connectivity index (χ4n) is 1.55. The van der Waals surface area contributed by atoms with Gasteiger partial charge in [-0.2, -0.15) is 0 Å². The van der Waals surface area contributed by atoms with Gasteiger partial charge in [0.25, 0.3) is 5.91 Å². The molecule has 0 aliphatic heterocycles. The van der Waals surface area contributed by atoms with Crippen molar-refractivity contribution in [3.63, 3.8) is 0 Å². The topological polar surface area (TPSA) is 112 Å². The highest BCUT2D eigenvalue weighted by molar-refractivity contribution is 9.10. The van der Waals surface area contributed by atoms with Gasteiger partial charge in [-0.3, -0.25) is 4.79 Å². The first-order valence-corrected chi connectivity index (χ1v) is 7.79. The lowest BCUT2D eigenvalue weighted by atomic mass is 10.2. The van der Waals surface area contributed by atoms with Gasteiger partial charge in [0.2, 0.25) is 10.0 Å². The van der Waals surface area contributed by atoms with Crippen molar-refractivity contribution in [1.29, 1.82) is 0 Å². The number of benzene rings is 1. The molecule has 1 aromatic rings. The number of carbonyl (C=O) groups excluding carboxylic acids is 1. The summed E-state index contributed by atoms with van der Waals surface area (Å²) >= 11 is 3.18. The summed E-state index contributed by atoms with van der Waals surface area (Å²) < 4.78 is 29.1. The number of amides is 1. The van der Waals surface area contributed by atoms with Crippen LogP contribution in [0.25, 0.3) is 0 Å². The first-order valence-electron chi connectivity index (χ1n) is 5.45. The third-order valence-electron chi connectivity index (χ3n) is 2.46. The maximum absolute atomic E-state index is 11.6. The minimum absolute atomic E-state index is 0.0522. The largest absolute Gasteiger partial charge is 0.479 e. The minimum atomic E-state index is -3.97. The molecule has 0 saturated heterocycles. The van der Waals surface area contributed by atoms with Crippen molar-refractivity contribution in [1.82, 2.24) is 0 Å². The summed E-state index contributed by atoms with van der Waals surface area (Å²) in [5.41, 5.74) is 5.72. The van der Waals surface area contributed by atoms with E-state index < -0.39 is 22.0 Å². The Morgan fingerprint density at radius 2 is 2.05 bits per heavy atom. The number of nitrogens with two attached hydrogens (primary N) is 2. The molecule has 0 aliphatic carbocycles. The Morgan fingerprint density at radius 3 is 2.47 bits per heavy atom. The smallest absolute Gasteiger partial charge is 0.258 e. The summed E-state index contributed by atoms with van der Waals surface area (Å²) in [4.78, 5) is 11.0. The first-order chi connectivity index (χ1) is 8.66. The maximum Gasteiger partial charge on any atom is 0.258 e. The summed E-state index contributed by atoms with van der Waals surface area (Å²) in [5.74, 6) is -0.610. The lowest BCUT2D eigenvalue weighted by Gasteiger charge is -2.18. The standard InChI is InChI=1S/C11H15BrN2O4S/c1-3-8(11(13)15)18-10-6(2)4-7(12)5-9(10)19(14,16)17/h4-5,8H,3H2,1-2H3,(H2,13,15)(H2,14,16,17). The van der Waals surface area contributed by atoms with Gasteiger partial charge in [-0.05, 0) is 31.0 Å². The van der Waals surface area contributed by atoms with Crippen LogP contribution in [0.4, 0.5) is 0 Å². The quantitative estimate of drug-likeness (QED) is 0.825. The van der Waals surface area contributed by atoms with Gasteiger partial charge in [0.05, 0.1) is 0 Å². The molecular formula is C11H15BrN2O4S. The summed E-state index contributed by atoms with van der Waals surface area (Å²) in [5, 5.41) is 5.14. The van der Waals surface area contributed by atoms with Crippen LogP contribution in [0.3, 0.4) is 0 Å². The number of primary sulfonamides is 1. The Bertz CT molecular complexity index is 601. The number of carbonyl (C=O) groups is 1. The fraction of sp³-hybridized carbons (Fsp3) is 0.364. The number of aryl methyl sites for hydroxylation is 1. The molecule has 1 unspecified atom stereocenters. The van der Waals surface area contributed by atoms with Crippen molar-refractivity contribution in [2.45, 2.75) is 31.3 Å². The Balaban J connectivity index is 3.38. The second-order valence-electron chi connectivity index (χ2n) is 4.01. The predicted molar refractivity (Wildman–Crippen MR) is 74.2 cm³/mol. The van der Waals surface area contributed by atoms with Crippen molar-refractivity contribution >= 4 is 31.9 Å². The van der Waals surface area contributed by atoms with Gasteiger partial charge in [-0.25, -0.2) is 13.6 Å². The van der Waals surface area contributed by atoms with E-state index >= 15 is 0 Å². The van der Waals surface area contributed by atoms with E-state index in [1.165, 1.54) is 6.07 Å². The van der Waals surface area contributed by atoms with E-state index in [-0.39, 0.29) is 10.6 Å². The number of ether oxygens (including phenoxy) is 1. The molecular weight excluding hydrogens is 336 g/mol. The number of halogens is 1. The highest BCUT2D eigenvalue weighted by Gasteiger charge is 2.23. The summed E-state index contributed by atoms with van der Waals surface area (Å²) in [7, 11) is -3.97. The van der Waals surface area contributed by atoms with Crippen molar-refractivity contribution in [2.75, 3.05) is 0 Å². The Hall–Kier alpha value is -1.12. The number of sulfonamides is 1. The molecule has 0 saturated carbocycles. The van der Waals surface area contributed by atoms with E-state index in [0.717, 1.165) is 0 Å². The van der Waals surface area contributed by atoms with Crippen molar-refractivity contribution in [3.8, 4) is 5.75 Å². The molecule has 0 spiro atoms. The number of hydrogen-bond acceptors (Lipinski definition) is 4. The van der Waals surface area contributed by atoms with Gasteiger partial charge in [0.1, 0.15) is 10.6 Å². The summed E-state index contributed by atoms with van der Waals surface area (Å²) in [6.45, 7) is 3.36. The molecule has 4 N–H and O–H groups in total. The molecule has 19 heavy (non-hydrogen) atoms. The molecule has 0 heterocycles. The summed E-state index contributed by atoms with van der Waals surface area (Å²) in [6, 6.07) is 2.99. The molecule has 1 atom stereocenters. The minimum Gasteiger partial charge on any atom is -0.479 e. The normalized spacial score (nSPS) is 13.1. The van der Waals surface area contributed by atoms with Gasteiger partial charge in [0.15, 0.2) is 6.10 Å². The van der Waals surface area contributed by atoms with Crippen LogP contribution in [0.15, 0.2) is 21.5 Å². The van der Waals surface area contributed by atoms with E-state index in [2.05, 4.69) is 15.9 Å². The highest BCUT2D eigenvalue weighted by atomic mass is 79.9. The first kappa shape index (κ1) is 15.9. The molecule has 0 aliphatic rings. The van der Waals surface area contributed by atoms with Crippen LogP contribution in [0.5, 0.6) is 5.75 Å². The zero-order valence-electron chi connectivity index (χ0n) is 10.5. The fourth-order valence-corrected chi connectivity index (χ4v) is 3.03. The molecule has 106 valence electrons. The molecule has 1 aromatic carbocycles. The lowest BCUT2D eigenvalue weighted by molar-refractivity contribution is -0.124. The Labute approximate surface area is 120 Å². The van der Waals surface area contributed by atoms with Gasteiger partial charge in [0, 0.05) is 4.47 Å². The van der Waals surface area contributed by atoms with Gasteiger partial charge >= 0.3 is 0 Å². The number of primary amides is 1. The SMILES string of the molecule is CCC(Oc1c(C)cc(Br)cc1S(N)(=O)=O)C(N)=O. The van der Waals surface area contributed by atoms with Crippen LogP contribution < -0.4 is 15.6 Å². The zero-order valence-corrected chi connectivity index (χ0v) is 12.9. The highest BCUT2D eigenvalue weighted by Crippen LogP contribution is 2.31. The molecule has 0 fully saturated rings. The molecule has 1 rings (SSSR count). The van der Waals surface area contributed by atoms with E-state index in [1.54, 1.807) is 19.9 Å². The number of hydrogen-bond donors (Lipinski definition) is 2. The van der Waals surface area contributed by atoms with E-state index in [1.807, 2.05) is 0 Å². The monoisotopic (exact) mass is 350 g/mol. The molecule has 0 bridgehead atoms. The molecule has 1 amide bonds. The van der Waals surface area contributed by atoms with E-state index in [9.17, 15) is 13.2 Å². The second kappa shape index (κ2) is 5.89. The average molecular weight is 351 g/mol. The molecule has 6 nitrogen and oxygen atoms in total. The van der Waals surface area contributed by atoms with Gasteiger partial charge < -0.3 is 10.5 Å². The van der Waals surface area contributed by atoms with Crippen LogP contribution in [0.2, 0.25) is 0 Å². The van der Waals surface area contributed by atoms with Crippen LogP contribution in [0, 0.1) is 6.92 Å². The Kier molecular flexibility index (Phi) is 4.94. The average Bonchev–Trinajstić information content (AvgIpc) is 2.25. The molecule has 8 heteroatoms. The maximum atomic E-state index is 11.6. The predicted octanol–water partition coefficient (Wildman–Crippen LogP) is 1.05. The van der Waals surface area contributed by atoms with Gasteiger partial charge in [-0.1, -0.05) is 22.9 Å². The van der Waals surface area contributed by atoms with Crippen molar-refractivity contribution in [2.24, 2.45) is 10.9 Å². The van der Waals surface area contributed by atoms with Crippen molar-refractivity contribution < 1.29 is 17.9 Å². The third kappa shape index (κ3) is 3.92. The van der Waals surface area contributed by atoms with Crippen LogP contribution in [0.1, 0.15) is 18.9 Å². The molecule has 0 aromatic heterocycles. The van der Waals surface area contributed by atoms with Crippen molar-refractivity contribution in [3.05, 3.63) is 22.2 Å². The lowest BCUT2D eigenvalue weighted by Crippen LogP contribution is -2.33. The second-order valence-corrected chi connectivity index (χ2v) is 6.46. The summed E-state index contributed by atoms with van der Waals surface area (Å²) in [6.07, 6.45) is -0.574. The Morgan fingerprint density at radius 1 is 1.47 bits per heavy atom. The van der Waals surface area contributed by atoms with E-state index in [0.29, 0.717) is 16.5 Å². The molecule has 0 radical (unpaired) electrons. The third-order valence-corrected chi connectivity index (χ3v) is 3.83. The number of rotatable bonds is 5. The van der Waals surface area contributed by atoms with Gasteiger partial charge in [-0.15, -0.1) is 0 Å². The van der Waals surface area contributed by atoms with Crippen LogP contribution >= 0.6 is 15.9 Å². The van der Waals surface area contributed by atoms with E-state index in [4.69, 9.17) is 15.6 Å². The van der Waals surface area contributed by atoms with Crippen LogP contribution in [-0.2, 0) is 14.8 Å². The zero-order chi connectivity index (χ0) is 14.8.